The van der Waals surface area contributed by atoms with Crippen molar-refractivity contribution in [2.45, 2.75) is 109 Å². The van der Waals surface area contributed by atoms with Crippen molar-refractivity contribution in [3.05, 3.63) is 0 Å². The van der Waals surface area contributed by atoms with Crippen LogP contribution in [0.2, 0.25) is 5.31 Å². The van der Waals surface area contributed by atoms with E-state index in [1.165, 1.54) is 19.3 Å². The number of hydrogen-bond donors (Lipinski definition) is 0. The summed E-state index contributed by atoms with van der Waals surface area (Å²) in [6.07, 6.45) is 13.6. The van der Waals surface area contributed by atoms with E-state index in [0.717, 1.165) is 23.2 Å². The summed E-state index contributed by atoms with van der Waals surface area (Å²) in [6, 6.07) is 0. The van der Waals surface area contributed by atoms with Crippen molar-refractivity contribution in [1.29, 1.82) is 0 Å². The van der Waals surface area contributed by atoms with Crippen molar-refractivity contribution in [3.8, 4) is 0 Å². The van der Waals surface area contributed by atoms with Crippen molar-refractivity contribution in [3.63, 3.8) is 0 Å². The predicted molar refractivity (Wildman–Crippen MR) is 102 cm³/mol. The molecule has 6 bridgehead atoms. The summed E-state index contributed by atoms with van der Waals surface area (Å²) < 4.78 is 12.9. The lowest BCUT2D eigenvalue weighted by molar-refractivity contribution is -0.254. The summed E-state index contributed by atoms with van der Waals surface area (Å²) >= 11 is 0. The maximum atomic E-state index is 6.45. The highest BCUT2D eigenvalue weighted by atomic mass is 16.7. The first kappa shape index (κ1) is 17.1. The average molecular weight is 344 g/mol. The van der Waals surface area contributed by atoms with E-state index in [-0.39, 0.29) is 25.7 Å². The third-order valence-electron chi connectivity index (χ3n) is 9.99. The fraction of sp³-hybridized carbons (Fsp3) is 1.00. The predicted octanol–water partition coefficient (Wildman–Crippen LogP) is 5.86. The van der Waals surface area contributed by atoms with Gasteiger partial charge in [0.25, 0.3) is 0 Å². The summed E-state index contributed by atoms with van der Waals surface area (Å²) in [7, 11) is 0.0540. The van der Waals surface area contributed by atoms with Gasteiger partial charge in [-0.05, 0) is 114 Å². The van der Waals surface area contributed by atoms with Gasteiger partial charge in [0.2, 0.25) is 0 Å². The first-order valence-corrected chi connectivity index (χ1v) is 10.5. The van der Waals surface area contributed by atoms with Gasteiger partial charge in [0.05, 0.1) is 11.2 Å². The second kappa shape index (κ2) is 4.51. The molecule has 140 valence electrons. The molecule has 2 nitrogen and oxygen atoms in total. The minimum absolute atomic E-state index is 0. The molecule has 1 heterocycles. The molecule has 25 heavy (non-hydrogen) atoms. The molecule has 0 aromatic heterocycles. The van der Waals surface area contributed by atoms with Gasteiger partial charge >= 0.3 is 7.12 Å². The number of hydrogen-bond acceptors (Lipinski definition) is 2. The van der Waals surface area contributed by atoms with Crippen LogP contribution in [-0.2, 0) is 9.31 Å². The quantitative estimate of drug-likeness (QED) is 0.585. The molecule has 8 fully saturated rings. The van der Waals surface area contributed by atoms with Gasteiger partial charge in [0.1, 0.15) is 0 Å². The largest absolute Gasteiger partial charge is 0.464 e. The van der Waals surface area contributed by atoms with E-state index in [0.29, 0.717) is 10.7 Å². The Kier molecular flexibility index (Phi) is 3.09. The van der Waals surface area contributed by atoms with Crippen LogP contribution in [0.15, 0.2) is 0 Å². The lowest BCUT2D eigenvalue weighted by Gasteiger charge is -2.80. The lowest BCUT2D eigenvalue weighted by Crippen LogP contribution is -2.72. The van der Waals surface area contributed by atoms with E-state index in [1.54, 1.807) is 38.5 Å². The van der Waals surface area contributed by atoms with E-state index in [2.05, 4.69) is 27.7 Å². The van der Waals surface area contributed by atoms with E-state index in [4.69, 9.17) is 9.31 Å². The van der Waals surface area contributed by atoms with E-state index in [1.807, 2.05) is 0 Å². The zero-order chi connectivity index (χ0) is 16.6. The van der Waals surface area contributed by atoms with Crippen molar-refractivity contribution in [2.24, 2.45) is 28.6 Å². The van der Waals surface area contributed by atoms with Gasteiger partial charge in [0.15, 0.2) is 0 Å². The van der Waals surface area contributed by atoms with Gasteiger partial charge in [0, 0.05) is 5.31 Å². The summed E-state index contributed by atoms with van der Waals surface area (Å²) in [5, 5.41) is 0.369. The van der Waals surface area contributed by atoms with Gasteiger partial charge in [-0.3, -0.25) is 0 Å². The molecule has 7 saturated carbocycles. The molecule has 8 rings (SSSR count). The molecule has 0 amide bonds. The zero-order valence-corrected chi connectivity index (χ0v) is 16.0. The van der Waals surface area contributed by atoms with Gasteiger partial charge in [-0.25, -0.2) is 0 Å². The van der Waals surface area contributed by atoms with Gasteiger partial charge < -0.3 is 9.31 Å². The molecule has 0 atom stereocenters. The maximum absolute atomic E-state index is 6.45. The van der Waals surface area contributed by atoms with Crippen molar-refractivity contribution >= 4 is 7.12 Å². The fourth-order valence-corrected chi connectivity index (χ4v) is 8.53. The fourth-order valence-electron chi connectivity index (χ4n) is 8.53. The normalized spacial score (nSPS) is 56.2. The Bertz CT molecular complexity index is 536. The van der Waals surface area contributed by atoms with Crippen LogP contribution in [-0.4, -0.2) is 18.3 Å². The minimum Gasteiger partial charge on any atom is -0.403 e. The molecule has 0 aromatic rings. The molecule has 1 saturated heterocycles. The Morgan fingerprint density at radius 3 is 1.48 bits per heavy atom. The molecular weight excluding hydrogens is 307 g/mol. The van der Waals surface area contributed by atoms with E-state index in [9.17, 15) is 0 Å². The summed E-state index contributed by atoms with van der Waals surface area (Å²) in [5.41, 5.74) is 1.08. The van der Waals surface area contributed by atoms with Crippen LogP contribution in [0.4, 0.5) is 0 Å². The second-order valence-corrected chi connectivity index (χ2v) is 12.0. The minimum atomic E-state index is -0.166. The Labute approximate surface area is 154 Å². The van der Waals surface area contributed by atoms with Crippen LogP contribution >= 0.6 is 0 Å². The Morgan fingerprint density at radius 1 is 0.680 bits per heavy atom. The molecule has 0 radical (unpaired) electrons. The summed E-state index contributed by atoms with van der Waals surface area (Å²) in [4.78, 5) is 0. The molecule has 0 spiro atoms. The molecule has 8 aliphatic rings. The highest BCUT2D eigenvalue weighted by Gasteiger charge is 2.81. The van der Waals surface area contributed by atoms with Gasteiger partial charge in [-0.1, -0.05) is 7.43 Å². The Balaban J connectivity index is 0.00000140. The molecular formula is C22H37BO2. The topological polar surface area (TPSA) is 18.5 Å². The van der Waals surface area contributed by atoms with Crippen LogP contribution in [0.3, 0.4) is 0 Å². The lowest BCUT2D eigenvalue weighted by atomic mass is 9.17. The SMILES string of the molecule is C.CC1(C)OB(C23CC(C45CC6CC(CC(C6)C4)C5)(C2)C3)OC1(C)C. The average Bonchev–Trinajstić information content (AvgIpc) is 2.51. The highest BCUT2D eigenvalue weighted by molar-refractivity contribution is 6.51. The van der Waals surface area contributed by atoms with Crippen molar-refractivity contribution in [1.82, 2.24) is 0 Å². The summed E-state index contributed by atoms with van der Waals surface area (Å²) in [5.74, 6) is 3.24. The second-order valence-electron chi connectivity index (χ2n) is 12.0. The monoisotopic (exact) mass is 344 g/mol. The van der Waals surface area contributed by atoms with Crippen LogP contribution in [0.5, 0.6) is 0 Å². The third-order valence-corrected chi connectivity index (χ3v) is 9.99. The van der Waals surface area contributed by atoms with Gasteiger partial charge in [-0.15, -0.1) is 0 Å². The zero-order valence-electron chi connectivity index (χ0n) is 16.0. The van der Waals surface area contributed by atoms with Crippen LogP contribution in [0, 0.1) is 28.6 Å². The molecule has 1 aliphatic heterocycles. The standard InChI is InChI=1S/C21H33BO2.CH4/c1-17(2)18(3,4)24-22(23-17)21-11-20(12-21,13-21)19-8-14-5-15(9-19)7-16(6-14)10-19;/h14-16H,5-13H2,1-4H3;1H4. The first-order valence-electron chi connectivity index (χ1n) is 10.5. The number of rotatable bonds is 2. The van der Waals surface area contributed by atoms with Crippen LogP contribution < -0.4 is 0 Å². The van der Waals surface area contributed by atoms with Crippen molar-refractivity contribution in [2.75, 3.05) is 0 Å². The smallest absolute Gasteiger partial charge is 0.403 e. The molecule has 0 N–H and O–H groups in total. The molecule has 7 aliphatic carbocycles. The van der Waals surface area contributed by atoms with E-state index < -0.39 is 0 Å². The molecule has 0 aromatic carbocycles. The Hall–Kier alpha value is -0.0151. The maximum Gasteiger partial charge on any atom is 0.464 e. The van der Waals surface area contributed by atoms with Gasteiger partial charge in [-0.2, -0.15) is 0 Å². The van der Waals surface area contributed by atoms with Crippen molar-refractivity contribution < 1.29 is 9.31 Å². The third kappa shape index (κ3) is 1.86. The summed E-state index contributed by atoms with van der Waals surface area (Å²) in [6.45, 7) is 8.81. The van der Waals surface area contributed by atoms with E-state index >= 15 is 0 Å². The Morgan fingerprint density at radius 2 is 1.08 bits per heavy atom. The highest BCUT2D eigenvalue weighted by Crippen LogP contribution is 2.89. The van der Waals surface area contributed by atoms with Crippen LogP contribution in [0.1, 0.15) is 92.9 Å². The molecule has 3 heteroatoms. The molecule has 0 unspecified atom stereocenters. The van der Waals surface area contributed by atoms with Crippen LogP contribution in [0.25, 0.3) is 0 Å². The first-order chi connectivity index (χ1) is 11.2.